The summed E-state index contributed by atoms with van der Waals surface area (Å²) in [5.74, 6) is 0.359. The van der Waals surface area contributed by atoms with E-state index in [1.54, 1.807) is 17.3 Å². The predicted octanol–water partition coefficient (Wildman–Crippen LogP) is 3.27. The van der Waals surface area contributed by atoms with E-state index in [2.05, 4.69) is 38.6 Å². The van der Waals surface area contributed by atoms with Crippen LogP contribution in [0.5, 0.6) is 0 Å². The van der Waals surface area contributed by atoms with Gasteiger partial charge in [0.25, 0.3) is 0 Å². The van der Waals surface area contributed by atoms with Crippen molar-refractivity contribution in [1.29, 1.82) is 0 Å². The number of furan rings is 1. The quantitative estimate of drug-likeness (QED) is 0.497. The van der Waals surface area contributed by atoms with Crippen LogP contribution in [0.4, 0.5) is 0 Å². The molecule has 0 radical (unpaired) electrons. The lowest BCUT2D eigenvalue weighted by atomic mass is 9.88. The molecule has 0 saturated carbocycles. The Morgan fingerprint density at radius 2 is 1.77 bits per heavy atom. The van der Waals surface area contributed by atoms with Gasteiger partial charge in [-0.05, 0) is 84.4 Å². The molecule has 0 amide bonds. The van der Waals surface area contributed by atoms with Gasteiger partial charge in [-0.3, -0.25) is 0 Å². The maximum Gasteiger partial charge on any atom is 0.143 e. The van der Waals surface area contributed by atoms with E-state index in [-0.39, 0.29) is 6.10 Å². The van der Waals surface area contributed by atoms with Gasteiger partial charge in [0.15, 0.2) is 0 Å². The van der Waals surface area contributed by atoms with E-state index in [9.17, 15) is 5.11 Å². The summed E-state index contributed by atoms with van der Waals surface area (Å²) in [6.45, 7) is 3.16. The molecule has 1 unspecified atom stereocenters. The van der Waals surface area contributed by atoms with Crippen LogP contribution in [0.3, 0.4) is 0 Å². The highest BCUT2D eigenvalue weighted by Gasteiger charge is 2.25. The number of fused-ring (bicyclic) bond motifs is 1. The Bertz CT molecular complexity index is 1100. The maximum absolute atomic E-state index is 10.8. The van der Waals surface area contributed by atoms with Gasteiger partial charge in [-0.25, -0.2) is 4.68 Å². The molecule has 2 aromatic carbocycles. The fraction of sp³-hybridized carbons (Fsp3) is 0.375. The van der Waals surface area contributed by atoms with Crippen molar-refractivity contribution in [2.75, 3.05) is 19.6 Å². The molecule has 7 nitrogen and oxygen atoms in total. The minimum Gasteiger partial charge on any atom is -0.471 e. The van der Waals surface area contributed by atoms with Crippen molar-refractivity contribution < 1.29 is 9.52 Å². The summed E-state index contributed by atoms with van der Waals surface area (Å²) in [5, 5.41) is 24.3. The molecule has 0 spiro atoms. The van der Waals surface area contributed by atoms with Crippen LogP contribution in [0.15, 0.2) is 65.7 Å². The van der Waals surface area contributed by atoms with Crippen LogP contribution in [-0.4, -0.2) is 56.0 Å². The zero-order valence-corrected chi connectivity index (χ0v) is 17.5. The molecule has 2 aromatic heterocycles. The lowest BCUT2D eigenvalue weighted by molar-refractivity contribution is 0.0600. The Morgan fingerprint density at radius 3 is 2.55 bits per heavy atom. The Kier molecular flexibility index (Phi) is 5.78. The monoisotopic (exact) mass is 417 g/mol. The van der Waals surface area contributed by atoms with Crippen LogP contribution in [0.2, 0.25) is 0 Å². The van der Waals surface area contributed by atoms with Crippen LogP contribution in [0.25, 0.3) is 16.5 Å². The molecule has 160 valence electrons. The predicted molar refractivity (Wildman–Crippen MR) is 118 cm³/mol. The number of hydrogen-bond donors (Lipinski definition) is 1. The SMILES string of the molecule is OC(Cc1ccc(-n2cnnn2)cc1)C1CCN(CCc2ccc3cocc3c2)CC1. The van der Waals surface area contributed by atoms with Gasteiger partial charge in [0.05, 0.1) is 24.3 Å². The number of rotatable bonds is 7. The highest BCUT2D eigenvalue weighted by Crippen LogP contribution is 2.24. The Morgan fingerprint density at radius 1 is 1.00 bits per heavy atom. The van der Waals surface area contributed by atoms with Crippen molar-refractivity contribution in [3.8, 4) is 5.69 Å². The van der Waals surface area contributed by atoms with E-state index in [1.165, 1.54) is 10.9 Å². The average Bonchev–Trinajstić information content (AvgIpc) is 3.50. The summed E-state index contributed by atoms with van der Waals surface area (Å²) < 4.78 is 6.90. The second kappa shape index (κ2) is 8.99. The zero-order valence-electron chi connectivity index (χ0n) is 17.5. The van der Waals surface area contributed by atoms with E-state index in [1.807, 2.05) is 30.5 Å². The molecule has 1 aliphatic rings. The molecule has 1 fully saturated rings. The van der Waals surface area contributed by atoms with Crippen LogP contribution in [-0.2, 0) is 12.8 Å². The molecule has 0 bridgehead atoms. The van der Waals surface area contributed by atoms with Crippen molar-refractivity contribution >= 4 is 10.8 Å². The average molecular weight is 418 g/mol. The molecule has 7 heteroatoms. The Balaban J connectivity index is 1.09. The first-order valence-electron chi connectivity index (χ1n) is 10.9. The summed E-state index contributed by atoms with van der Waals surface area (Å²) in [7, 11) is 0. The summed E-state index contributed by atoms with van der Waals surface area (Å²) in [4.78, 5) is 2.52. The van der Waals surface area contributed by atoms with E-state index in [0.717, 1.165) is 55.5 Å². The van der Waals surface area contributed by atoms with E-state index >= 15 is 0 Å². The van der Waals surface area contributed by atoms with Crippen molar-refractivity contribution in [3.63, 3.8) is 0 Å². The molecule has 31 heavy (non-hydrogen) atoms. The Hall–Kier alpha value is -3.03. The minimum atomic E-state index is -0.301. The number of aliphatic hydroxyl groups excluding tert-OH is 1. The molecular weight excluding hydrogens is 390 g/mol. The van der Waals surface area contributed by atoms with E-state index in [0.29, 0.717) is 12.3 Å². The molecule has 1 saturated heterocycles. The van der Waals surface area contributed by atoms with Gasteiger partial charge in [-0.1, -0.05) is 24.3 Å². The second-order valence-corrected chi connectivity index (χ2v) is 8.46. The van der Waals surface area contributed by atoms with Gasteiger partial charge in [-0.15, -0.1) is 5.10 Å². The summed E-state index contributed by atoms with van der Waals surface area (Å²) in [6.07, 6.45) is 8.70. The number of aromatic nitrogens is 4. The maximum atomic E-state index is 10.8. The first-order valence-corrected chi connectivity index (χ1v) is 10.9. The van der Waals surface area contributed by atoms with Gasteiger partial charge in [0, 0.05) is 17.3 Å². The topological polar surface area (TPSA) is 80.2 Å². The van der Waals surface area contributed by atoms with Crippen LogP contribution in [0.1, 0.15) is 24.0 Å². The summed E-state index contributed by atoms with van der Waals surface area (Å²) in [6, 6.07) is 14.6. The first-order chi connectivity index (χ1) is 15.2. The molecule has 3 heterocycles. The fourth-order valence-electron chi connectivity index (χ4n) is 4.49. The number of hydrogen-bond acceptors (Lipinski definition) is 6. The van der Waals surface area contributed by atoms with Gasteiger partial charge in [0.2, 0.25) is 0 Å². The minimum absolute atomic E-state index is 0.301. The third-order valence-corrected chi connectivity index (χ3v) is 6.43. The standard InChI is InChI=1S/C24H27N5O2/c30-24(14-18-2-5-23(6-3-18)29-17-25-26-27-29)20-8-11-28(12-9-20)10-7-19-1-4-21-15-31-16-22(21)13-19/h1-6,13,15-17,20,24,30H,7-12,14H2. The van der Waals surface area contributed by atoms with Crippen LogP contribution >= 0.6 is 0 Å². The largest absolute Gasteiger partial charge is 0.471 e. The van der Waals surface area contributed by atoms with Crippen LogP contribution in [0, 0.1) is 5.92 Å². The third-order valence-electron chi connectivity index (χ3n) is 6.43. The molecule has 5 rings (SSSR count). The van der Waals surface area contributed by atoms with Crippen molar-refractivity contribution in [2.24, 2.45) is 5.92 Å². The number of aliphatic hydroxyl groups is 1. The first kappa shape index (κ1) is 19.9. The smallest absolute Gasteiger partial charge is 0.143 e. The highest BCUT2D eigenvalue weighted by atomic mass is 16.3. The zero-order chi connectivity index (χ0) is 21.0. The number of benzene rings is 2. The van der Waals surface area contributed by atoms with Gasteiger partial charge < -0.3 is 14.4 Å². The molecular formula is C24H27N5O2. The molecule has 4 aromatic rings. The second-order valence-electron chi connectivity index (χ2n) is 8.46. The Labute approximate surface area is 181 Å². The number of likely N-dealkylation sites (tertiary alicyclic amines) is 1. The molecule has 1 atom stereocenters. The molecule has 1 N–H and O–H groups in total. The van der Waals surface area contributed by atoms with Crippen molar-refractivity contribution in [1.82, 2.24) is 25.1 Å². The van der Waals surface area contributed by atoms with Crippen LogP contribution < -0.4 is 0 Å². The lowest BCUT2D eigenvalue weighted by Gasteiger charge is -2.34. The third kappa shape index (κ3) is 4.68. The molecule has 1 aliphatic heterocycles. The van der Waals surface area contributed by atoms with E-state index < -0.39 is 0 Å². The number of piperidine rings is 1. The van der Waals surface area contributed by atoms with Crippen molar-refractivity contribution in [2.45, 2.75) is 31.8 Å². The van der Waals surface area contributed by atoms with Gasteiger partial charge in [-0.2, -0.15) is 0 Å². The van der Waals surface area contributed by atoms with Gasteiger partial charge in [0.1, 0.15) is 6.33 Å². The number of tetrazole rings is 1. The normalized spacial score (nSPS) is 16.7. The van der Waals surface area contributed by atoms with Crippen molar-refractivity contribution in [3.05, 3.63) is 72.4 Å². The lowest BCUT2D eigenvalue weighted by Crippen LogP contribution is -2.39. The number of nitrogens with zero attached hydrogens (tertiary/aromatic N) is 5. The summed E-state index contributed by atoms with van der Waals surface area (Å²) >= 11 is 0. The fourth-order valence-corrected chi connectivity index (χ4v) is 4.49. The summed E-state index contributed by atoms with van der Waals surface area (Å²) in [5.41, 5.74) is 3.41. The highest BCUT2D eigenvalue weighted by molar-refractivity contribution is 5.81. The van der Waals surface area contributed by atoms with E-state index in [4.69, 9.17) is 4.42 Å². The molecule has 0 aliphatic carbocycles. The van der Waals surface area contributed by atoms with Gasteiger partial charge >= 0.3 is 0 Å².